The lowest BCUT2D eigenvalue weighted by molar-refractivity contribution is -0.138. The molecule has 1 amide bonds. The number of amides is 1. The zero-order valence-corrected chi connectivity index (χ0v) is 26.4. The second-order valence-corrected chi connectivity index (χ2v) is 16.0. The number of ether oxygens (including phenoxy) is 1. The molecule has 4 aliphatic rings. The van der Waals surface area contributed by atoms with Gasteiger partial charge in [-0.1, -0.05) is 63.2 Å². The van der Waals surface area contributed by atoms with E-state index in [9.17, 15) is 14.7 Å². The summed E-state index contributed by atoms with van der Waals surface area (Å²) in [6.45, 7) is 12.3. The second kappa shape index (κ2) is 11.3. The Morgan fingerprint density at radius 3 is 2.00 bits per heavy atom. The molecule has 5 nitrogen and oxygen atoms in total. The van der Waals surface area contributed by atoms with Crippen molar-refractivity contribution in [3.05, 3.63) is 59.2 Å². The number of alkyl carbamates (subject to hydrolysis) is 1. The van der Waals surface area contributed by atoms with Crippen molar-refractivity contribution in [1.82, 2.24) is 5.32 Å². The van der Waals surface area contributed by atoms with Crippen LogP contribution in [-0.2, 0) is 26.1 Å². The third-order valence-electron chi connectivity index (χ3n) is 9.27. The molecule has 4 saturated carbocycles. The van der Waals surface area contributed by atoms with Gasteiger partial charge < -0.3 is 15.2 Å². The highest BCUT2D eigenvalue weighted by Crippen LogP contribution is 2.61. The maximum absolute atomic E-state index is 12.0. The Morgan fingerprint density at radius 2 is 1.49 bits per heavy atom. The first kappa shape index (κ1) is 30.0. The van der Waals surface area contributed by atoms with Gasteiger partial charge in [-0.2, -0.15) is 11.8 Å². The quantitative estimate of drug-likeness (QED) is 0.330. The van der Waals surface area contributed by atoms with Gasteiger partial charge in [-0.15, -0.1) is 0 Å². The fourth-order valence-corrected chi connectivity index (χ4v) is 8.97. The summed E-state index contributed by atoms with van der Waals surface area (Å²) >= 11 is 1.49. The number of carboxylic acid groups (broad SMARTS) is 1. The number of carbonyl (C=O) groups excluding carboxylic acids is 1. The number of carboxylic acids is 1. The van der Waals surface area contributed by atoms with Crippen LogP contribution in [0.2, 0.25) is 0 Å². The van der Waals surface area contributed by atoms with E-state index in [1.54, 1.807) is 26.3 Å². The largest absolute Gasteiger partial charge is 0.480 e. The lowest BCUT2D eigenvalue weighted by atomic mass is 9.47. The minimum atomic E-state index is -1.06. The van der Waals surface area contributed by atoms with E-state index in [1.165, 1.54) is 67.0 Å². The predicted octanol–water partition coefficient (Wildman–Crippen LogP) is 8.33. The maximum atomic E-state index is 12.0. The van der Waals surface area contributed by atoms with E-state index < -0.39 is 23.7 Å². The molecule has 4 fully saturated rings. The monoisotopic (exact) mass is 577 g/mol. The number of rotatable bonds is 8. The van der Waals surface area contributed by atoms with Crippen LogP contribution in [0.3, 0.4) is 0 Å². The third-order valence-corrected chi connectivity index (χ3v) is 10.4. The molecule has 0 heterocycles. The Kier molecular flexibility index (Phi) is 8.28. The summed E-state index contributed by atoms with van der Waals surface area (Å²) in [5, 5.41) is 12.0. The highest BCUT2D eigenvalue weighted by Gasteiger charge is 2.52. The molecular weight excluding hydrogens is 530 g/mol. The molecule has 1 unspecified atom stereocenters. The van der Waals surface area contributed by atoms with Gasteiger partial charge in [-0.25, -0.2) is 9.59 Å². The first-order valence-electron chi connectivity index (χ1n) is 15.3. The zero-order chi connectivity index (χ0) is 29.6. The van der Waals surface area contributed by atoms with Crippen molar-refractivity contribution >= 4 is 23.8 Å². The van der Waals surface area contributed by atoms with Crippen LogP contribution >= 0.6 is 11.8 Å². The van der Waals surface area contributed by atoms with E-state index in [4.69, 9.17) is 4.74 Å². The van der Waals surface area contributed by atoms with Gasteiger partial charge in [0.15, 0.2) is 0 Å². The van der Waals surface area contributed by atoms with Crippen LogP contribution < -0.4 is 5.32 Å². The Hall–Kier alpha value is -2.47. The summed E-state index contributed by atoms with van der Waals surface area (Å²) in [5.41, 5.74) is 6.50. The molecule has 0 aromatic heterocycles. The van der Waals surface area contributed by atoms with Crippen molar-refractivity contribution in [3.63, 3.8) is 0 Å². The highest BCUT2D eigenvalue weighted by molar-refractivity contribution is 7.98. The first-order valence-corrected chi connectivity index (χ1v) is 16.4. The molecule has 2 aromatic rings. The molecule has 0 spiro atoms. The molecule has 0 saturated heterocycles. The summed E-state index contributed by atoms with van der Waals surface area (Å²) < 4.78 is 5.21. The van der Waals surface area contributed by atoms with E-state index in [1.807, 2.05) is 0 Å². The number of benzene rings is 2. The van der Waals surface area contributed by atoms with Gasteiger partial charge in [0, 0.05) is 11.5 Å². The summed E-state index contributed by atoms with van der Waals surface area (Å²) in [7, 11) is 0. The first-order chi connectivity index (χ1) is 19.2. The average molecular weight is 578 g/mol. The molecule has 41 heavy (non-hydrogen) atoms. The van der Waals surface area contributed by atoms with E-state index in [-0.39, 0.29) is 11.2 Å². The molecule has 0 radical (unpaired) electrons. The number of thioether (sulfide) groups is 1. The Labute approximate surface area is 250 Å². The summed E-state index contributed by atoms with van der Waals surface area (Å²) in [6, 6.07) is 14.9. The van der Waals surface area contributed by atoms with E-state index in [2.05, 4.69) is 68.6 Å². The maximum Gasteiger partial charge on any atom is 0.408 e. The van der Waals surface area contributed by atoms with Gasteiger partial charge in [-0.3, -0.25) is 0 Å². The van der Waals surface area contributed by atoms with Crippen molar-refractivity contribution < 1.29 is 19.4 Å². The van der Waals surface area contributed by atoms with Gasteiger partial charge in [0.1, 0.15) is 11.6 Å². The van der Waals surface area contributed by atoms with E-state index >= 15 is 0 Å². The summed E-state index contributed by atoms with van der Waals surface area (Å²) in [4.78, 5) is 23.7. The van der Waals surface area contributed by atoms with Crippen molar-refractivity contribution in [2.45, 2.75) is 108 Å². The Bertz CT molecular complexity index is 1240. The van der Waals surface area contributed by atoms with E-state index in [0.29, 0.717) is 11.2 Å². The van der Waals surface area contributed by atoms with Gasteiger partial charge in [-0.05, 0) is 116 Å². The molecule has 6 heteroatoms. The molecule has 2 aromatic carbocycles. The summed E-state index contributed by atoms with van der Waals surface area (Å²) in [5.74, 6) is 2.65. The van der Waals surface area contributed by atoms with Crippen molar-refractivity contribution in [3.8, 4) is 11.1 Å². The lowest BCUT2D eigenvalue weighted by Crippen LogP contribution is -2.49. The number of hydrogen-bond donors (Lipinski definition) is 2. The van der Waals surface area contributed by atoms with Gasteiger partial charge >= 0.3 is 12.1 Å². The second-order valence-electron chi connectivity index (χ2n) is 15.0. The van der Waals surface area contributed by atoms with Gasteiger partial charge in [0.2, 0.25) is 0 Å². The van der Waals surface area contributed by atoms with Crippen LogP contribution in [-0.4, -0.2) is 34.6 Å². The van der Waals surface area contributed by atoms with Crippen molar-refractivity contribution in [2.75, 3.05) is 5.75 Å². The Balaban J connectivity index is 1.26. The normalized spacial score (nSPS) is 26.0. The third kappa shape index (κ3) is 6.96. The summed E-state index contributed by atoms with van der Waals surface area (Å²) in [6.07, 6.45) is 7.81. The van der Waals surface area contributed by atoms with Crippen LogP contribution in [0, 0.1) is 17.8 Å². The van der Waals surface area contributed by atoms with Crippen LogP contribution in [0.25, 0.3) is 11.1 Å². The SMILES string of the molecule is CC(C)(C)OC(=O)NC(CSCc1ccc(-c2ccc(C34CC5CC(CC(C5)C3)C4)c(C(C)(C)C)c2)cc1)C(=O)O. The molecule has 222 valence electrons. The standard InChI is InChI=1S/C35H47NO4S/c1-33(2,3)29-16-27(11-12-28(29)35-17-23-13-24(18-35)15-25(14-23)19-35)26-9-7-22(8-10-26)20-41-21-30(31(37)38)36-32(39)40-34(4,5)6/h7-12,16,23-25,30H,13-15,17-21H2,1-6H3,(H,36,39)(H,37,38). The van der Waals surface area contributed by atoms with Crippen LogP contribution in [0.15, 0.2) is 42.5 Å². The molecule has 0 aliphatic heterocycles. The van der Waals surface area contributed by atoms with Gasteiger partial charge in [0.05, 0.1) is 0 Å². The molecule has 4 bridgehead atoms. The predicted molar refractivity (Wildman–Crippen MR) is 167 cm³/mol. The molecule has 1 atom stereocenters. The number of hydrogen-bond acceptors (Lipinski definition) is 4. The zero-order valence-electron chi connectivity index (χ0n) is 25.6. The molecule has 6 rings (SSSR count). The lowest BCUT2D eigenvalue weighted by Gasteiger charge is -2.58. The molecule has 4 aliphatic carbocycles. The highest BCUT2D eigenvalue weighted by atomic mass is 32.2. The number of aliphatic carboxylic acids is 1. The topological polar surface area (TPSA) is 75.6 Å². The average Bonchev–Trinajstić information content (AvgIpc) is 2.86. The minimum absolute atomic E-state index is 0.0826. The smallest absolute Gasteiger partial charge is 0.408 e. The van der Waals surface area contributed by atoms with Crippen molar-refractivity contribution in [1.29, 1.82) is 0 Å². The number of carbonyl (C=O) groups is 2. The van der Waals surface area contributed by atoms with Gasteiger partial charge in [0.25, 0.3) is 0 Å². The van der Waals surface area contributed by atoms with Crippen LogP contribution in [0.4, 0.5) is 4.79 Å². The molecular formula is C35H47NO4S. The van der Waals surface area contributed by atoms with E-state index in [0.717, 1.165) is 23.3 Å². The molecule has 2 N–H and O–H groups in total. The minimum Gasteiger partial charge on any atom is -0.480 e. The Morgan fingerprint density at radius 1 is 0.927 bits per heavy atom. The van der Waals surface area contributed by atoms with Crippen LogP contribution in [0.5, 0.6) is 0 Å². The number of nitrogens with one attached hydrogen (secondary N) is 1. The van der Waals surface area contributed by atoms with Crippen LogP contribution in [0.1, 0.15) is 96.8 Å². The fourth-order valence-electron chi connectivity index (χ4n) is 7.96. The fraction of sp³-hybridized carbons (Fsp3) is 0.600. The van der Waals surface area contributed by atoms with Crippen molar-refractivity contribution in [2.24, 2.45) is 17.8 Å².